The summed E-state index contributed by atoms with van der Waals surface area (Å²) in [6, 6.07) is 0. The number of fused-ring (bicyclic) bond motifs is 1. The number of hydrogen-bond donors (Lipinski definition) is 0. The summed E-state index contributed by atoms with van der Waals surface area (Å²) in [4.78, 5) is 0. The van der Waals surface area contributed by atoms with E-state index in [-0.39, 0.29) is 0 Å². The molecule has 1 aliphatic heterocycles. The first-order valence-corrected chi connectivity index (χ1v) is 4.77. The Morgan fingerprint density at radius 1 is 1.00 bits per heavy atom. The summed E-state index contributed by atoms with van der Waals surface area (Å²) in [5.74, 6) is 1.54. The summed E-state index contributed by atoms with van der Waals surface area (Å²) in [6.45, 7) is 1.39. The van der Waals surface area contributed by atoms with E-state index in [1.807, 2.05) is 0 Å². The van der Waals surface area contributed by atoms with E-state index in [2.05, 4.69) is 0 Å². The summed E-state index contributed by atoms with van der Waals surface area (Å²) < 4.78 is 12.8. The molecule has 0 aromatic heterocycles. The van der Waals surface area contributed by atoms with Gasteiger partial charge in [0.25, 0.3) is 0 Å². The highest BCUT2D eigenvalue weighted by Crippen LogP contribution is 2.35. The van der Waals surface area contributed by atoms with Gasteiger partial charge in [0.15, 0.2) is 0 Å². The zero-order chi connectivity index (χ0) is 7.68. The maximum absolute atomic E-state index is 12.8. The molecule has 2 unspecified atom stereocenters. The zero-order valence-electron chi connectivity index (χ0n) is 6.93. The van der Waals surface area contributed by atoms with Crippen molar-refractivity contribution in [3.05, 3.63) is 0 Å². The third kappa shape index (κ3) is 1.56. The van der Waals surface area contributed by atoms with Crippen LogP contribution in [0.2, 0.25) is 0 Å². The van der Waals surface area contributed by atoms with Crippen molar-refractivity contribution < 1.29 is 4.48 Å². The molecule has 0 aromatic rings. The Bertz CT molecular complexity index is 138. The van der Waals surface area contributed by atoms with Crippen LogP contribution in [0.1, 0.15) is 32.1 Å². The third-order valence-electron chi connectivity index (χ3n) is 3.24. The number of halogens is 1. The van der Waals surface area contributed by atoms with E-state index >= 15 is 0 Å². The van der Waals surface area contributed by atoms with Gasteiger partial charge in [-0.2, -0.15) is 0 Å². The summed E-state index contributed by atoms with van der Waals surface area (Å²) in [5, 5.41) is 1.01. The lowest BCUT2D eigenvalue weighted by molar-refractivity contribution is -0.0469. The molecule has 0 spiro atoms. The summed E-state index contributed by atoms with van der Waals surface area (Å²) in [6.07, 6.45) is 6.44. The topological polar surface area (TPSA) is 3.24 Å². The predicted molar refractivity (Wildman–Crippen MR) is 42.7 cm³/mol. The monoisotopic (exact) mass is 157 g/mol. The van der Waals surface area contributed by atoms with Crippen molar-refractivity contribution >= 4 is 0 Å². The largest absolute Gasteiger partial charge is 0.146 e. The standard InChI is InChI=1S/C9H16FN/c10-11-6-5-8-3-1-2-4-9(8)7-11/h8-9H,1-7H2. The van der Waals surface area contributed by atoms with E-state index in [0.29, 0.717) is 19.0 Å². The van der Waals surface area contributed by atoms with Crippen LogP contribution >= 0.6 is 0 Å². The molecule has 64 valence electrons. The fraction of sp³-hybridized carbons (Fsp3) is 1.00. The Labute approximate surface area is 67.5 Å². The van der Waals surface area contributed by atoms with Gasteiger partial charge in [-0.1, -0.05) is 19.3 Å². The van der Waals surface area contributed by atoms with E-state index in [1.165, 1.54) is 25.7 Å². The number of nitrogens with zero attached hydrogens (tertiary/aromatic N) is 1. The molecule has 0 N–H and O–H groups in total. The molecule has 1 saturated heterocycles. The second-order valence-corrected chi connectivity index (χ2v) is 3.96. The van der Waals surface area contributed by atoms with E-state index in [4.69, 9.17) is 0 Å². The Balaban J connectivity index is 1.93. The molecule has 0 radical (unpaired) electrons. The van der Waals surface area contributed by atoms with Crippen molar-refractivity contribution in [1.29, 1.82) is 0 Å². The smallest absolute Gasteiger partial charge is 0.0321 e. The van der Waals surface area contributed by atoms with Gasteiger partial charge >= 0.3 is 0 Å². The van der Waals surface area contributed by atoms with Gasteiger partial charge in [0.1, 0.15) is 0 Å². The lowest BCUT2D eigenvalue weighted by atomic mass is 9.76. The van der Waals surface area contributed by atoms with Crippen LogP contribution in [0.15, 0.2) is 0 Å². The van der Waals surface area contributed by atoms with Gasteiger partial charge in [-0.3, -0.25) is 0 Å². The van der Waals surface area contributed by atoms with Gasteiger partial charge in [0.05, 0.1) is 0 Å². The van der Waals surface area contributed by atoms with Crippen LogP contribution in [-0.2, 0) is 0 Å². The predicted octanol–water partition coefficient (Wildman–Crippen LogP) is 2.38. The molecule has 2 atom stereocenters. The van der Waals surface area contributed by atoms with Crippen molar-refractivity contribution in [1.82, 2.24) is 5.12 Å². The van der Waals surface area contributed by atoms with Crippen LogP contribution in [0.3, 0.4) is 0 Å². The van der Waals surface area contributed by atoms with Crippen LogP contribution in [0.25, 0.3) is 0 Å². The highest BCUT2D eigenvalue weighted by Gasteiger charge is 2.30. The van der Waals surface area contributed by atoms with Gasteiger partial charge < -0.3 is 0 Å². The first kappa shape index (κ1) is 7.53. The fourth-order valence-corrected chi connectivity index (χ4v) is 2.56. The van der Waals surface area contributed by atoms with Gasteiger partial charge in [0, 0.05) is 13.1 Å². The molecular weight excluding hydrogens is 141 g/mol. The van der Waals surface area contributed by atoms with Crippen molar-refractivity contribution in [2.45, 2.75) is 32.1 Å². The van der Waals surface area contributed by atoms with Gasteiger partial charge in [-0.15, -0.1) is 9.60 Å². The minimum absolute atomic E-state index is 0.682. The minimum Gasteiger partial charge on any atom is -0.146 e. The molecule has 1 aliphatic carbocycles. The second-order valence-electron chi connectivity index (χ2n) is 3.96. The molecule has 2 rings (SSSR count). The molecule has 0 amide bonds. The maximum Gasteiger partial charge on any atom is 0.0321 e. The molecule has 1 nitrogen and oxygen atoms in total. The van der Waals surface area contributed by atoms with Crippen molar-refractivity contribution in [2.24, 2.45) is 11.8 Å². The van der Waals surface area contributed by atoms with E-state index < -0.39 is 0 Å². The Kier molecular flexibility index (Phi) is 2.12. The van der Waals surface area contributed by atoms with Gasteiger partial charge in [-0.25, -0.2) is 0 Å². The van der Waals surface area contributed by atoms with Gasteiger partial charge in [0.2, 0.25) is 0 Å². The van der Waals surface area contributed by atoms with Crippen molar-refractivity contribution in [3.8, 4) is 0 Å². The van der Waals surface area contributed by atoms with Crippen molar-refractivity contribution in [2.75, 3.05) is 13.1 Å². The Hall–Kier alpha value is -0.110. The summed E-state index contributed by atoms with van der Waals surface area (Å²) >= 11 is 0. The van der Waals surface area contributed by atoms with Crippen LogP contribution < -0.4 is 0 Å². The van der Waals surface area contributed by atoms with Crippen LogP contribution in [0.5, 0.6) is 0 Å². The van der Waals surface area contributed by atoms with Crippen molar-refractivity contribution in [3.63, 3.8) is 0 Å². The van der Waals surface area contributed by atoms with E-state index in [9.17, 15) is 4.48 Å². The quantitative estimate of drug-likeness (QED) is 0.488. The Morgan fingerprint density at radius 2 is 1.73 bits per heavy atom. The molecule has 11 heavy (non-hydrogen) atoms. The van der Waals surface area contributed by atoms with Gasteiger partial charge in [-0.05, 0) is 24.7 Å². The van der Waals surface area contributed by atoms with Crippen LogP contribution in [0, 0.1) is 11.8 Å². The highest BCUT2D eigenvalue weighted by atomic mass is 19.2. The fourth-order valence-electron chi connectivity index (χ4n) is 2.56. The van der Waals surface area contributed by atoms with E-state index in [0.717, 1.165) is 17.5 Å². The maximum atomic E-state index is 12.8. The van der Waals surface area contributed by atoms with Crippen LogP contribution in [-0.4, -0.2) is 18.2 Å². The molecule has 1 saturated carbocycles. The average molecular weight is 157 g/mol. The summed E-state index contributed by atoms with van der Waals surface area (Å²) in [5.41, 5.74) is 0. The zero-order valence-corrected chi connectivity index (χ0v) is 6.93. The third-order valence-corrected chi connectivity index (χ3v) is 3.24. The second kappa shape index (κ2) is 3.10. The molecule has 0 aromatic carbocycles. The first-order valence-electron chi connectivity index (χ1n) is 4.77. The SMILES string of the molecule is FN1CCC2CCCCC2C1. The normalized spacial score (nSPS) is 40.1. The number of rotatable bonds is 0. The molecule has 2 aliphatic rings. The minimum atomic E-state index is 0.682. The van der Waals surface area contributed by atoms with E-state index in [1.54, 1.807) is 0 Å². The number of hydrogen-bond acceptors (Lipinski definition) is 1. The first-order chi connectivity index (χ1) is 5.36. The molecular formula is C9H16FN. The van der Waals surface area contributed by atoms with Crippen LogP contribution in [0.4, 0.5) is 4.48 Å². The summed E-state index contributed by atoms with van der Waals surface area (Å²) in [7, 11) is 0. The lowest BCUT2D eigenvalue weighted by Gasteiger charge is -2.37. The molecule has 1 heterocycles. The molecule has 0 bridgehead atoms. The number of piperidine rings is 1. The Morgan fingerprint density at radius 3 is 2.55 bits per heavy atom. The highest BCUT2D eigenvalue weighted by molar-refractivity contribution is 4.80. The average Bonchev–Trinajstić information content (AvgIpc) is 2.04. The molecule has 2 fully saturated rings. The lowest BCUT2D eigenvalue weighted by Crippen LogP contribution is -2.37. The molecule has 2 heteroatoms.